The van der Waals surface area contributed by atoms with Gasteiger partial charge in [0.15, 0.2) is 5.65 Å². The molecule has 0 radical (unpaired) electrons. The predicted molar refractivity (Wildman–Crippen MR) is 130 cm³/mol. The summed E-state index contributed by atoms with van der Waals surface area (Å²) in [5, 5.41) is 12.4. The first-order chi connectivity index (χ1) is 16.2. The van der Waals surface area contributed by atoms with Crippen molar-refractivity contribution in [1.29, 1.82) is 0 Å². The van der Waals surface area contributed by atoms with E-state index in [0.29, 0.717) is 16.8 Å². The van der Waals surface area contributed by atoms with Crippen molar-refractivity contribution in [2.75, 3.05) is 26.2 Å². The standard InChI is InChI=1S/C26H25N5O2/c1-16-25(18-8-12-28-13-9-18)31-24(29-16)5-4-22(30-31)21-14-20-3-2-19(15-23(20)33-26(21)32)17-6-10-27-11-7-17/h2-6,8,14-15,27-28H,7,9-13H2,1H3. The number of nitrogens with one attached hydrogen (secondary N) is 2. The number of fused-ring (bicyclic) bond motifs is 2. The van der Waals surface area contributed by atoms with Crippen LogP contribution >= 0.6 is 0 Å². The highest BCUT2D eigenvalue weighted by molar-refractivity contribution is 5.85. The number of hydrogen-bond donors (Lipinski definition) is 2. The summed E-state index contributed by atoms with van der Waals surface area (Å²) in [7, 11) is 0. The van der Waals surface area contributed by atoms with E-state index in [9.17, 15) is 4.79 Å². The van der Waals surface area contributed by atoms with Crippen LogP contribution in [0.25, 0.3) is 39.0 Å². The predicted octanol–water partition coefficient (Wildman–Crippen LogP) is 3.56. The lowest BCUT2D eigenvalue weighted by Gasteiger charge is -2.15. The largest absolute Gasteiger partial charge is 0.422 e. The van der Waals surface area contributed by atoms with Crippen LogP contribution in [0.2, 0.25) is 0 Å². The van der Waals surface area contributed by atoms with Crippen molar-refractivity contribution in [2.45, 2.75) is 19.8 Å². The van der Waals surface area contributed by atoms with Crippen LogP contribution in [0.1, 0.15) is 29.8 Å². The van der Waals surface area contributed by atoms with Crippen LogP contribution in [-0.2, 0) is 0 Å². The zero-order valence-electron chi connectivity index (χ0n) is 18.5. The number of aryl methyl sites for hydroxylation is 1. The molecule has 3 aromatic heterocycles. The maximum atomic E-state index is 13.0. The Balaban J connectivity index is 1.45. The molecule has 2 aliphatic rings. The van der Waals surface area contributed by atoms with Gasteiger partial charge in [0.05, 0.1) is 22.6 Å². The fourth-order valence-corrected chi connectivity index (χ4v) is 4.77. The zero-order chi connectivity index (χ0) is 22.4. The molecule has 0 saturated heterocycles. The van der Waals surface area contributed by atoms with Gasteiger partial charge in [-0.05, 0) is 73.8 Å². The van der Waals surface area contributed by atoms with Gasteiger partial charge in [0, 0.05) is 18.5 Å². The van der Waals surface area contributed by atoms with E-state index in [4.69, 9.17) is 9.52 Å². The van der Waals surface area contributed by atoms with Crippen LogP contribution in [0.3, 0.4) is 0 Å². The summed E-state index contributed by atoms with van der Waals surface area (Å²) in [5.74, 6) is 0. The van der Waals surface area contributed by atoms with Gasteiger partial charge in [0.2, 0.25) is 0 Å². The summed E-state index contributed by atoms with van der Waals surface area (Å²) in [4.78, 5) is 17.7. The highest BCUT2D eigenvalue weighted by Gasteiger charge is 2.18. The maximum Gasteiger partial charge on any atom is 0.345 e. The normalized spacial score (nSPS) is 16.8. The topological polar surface area (TPSA) is 84.5 Å². The number of benzene rings is 1. The van der Waals surface area contributed by atoms with E-state index in [1.165, 1.54) is 11.1 Å². The molecule has 5 heterocycles. The Kier molecular flexibility index (Phi) is 4.93. The van der Waals surface area contributed by atoms with E-state index in [1.807, 2.05) is 41.8 Å². The molecular weight excluding hydrogens is 414 g/mol. The van der Waals surface area contributed by atoms with Crippen LogP contribution in [0.15, 0.2) is 57.8 Å². The Morgan fingerprint density at radius 2 is 1.76 bits per heavy atom. The molecular formula is C26H25N5O2. The van der Waals surface area contributed by atoms with Gasteiger partial charge >= 0.3 is 5.63 Å². The highest BCUT2D eigenvalue weighted by Crippen LogP contribution is 2.28. The zero-order valence-corrected chi connectivity index (χ0v) is 18.5. The third-order valence-corrected chi connectivity index (χ3v) is 6.47. The van der Waals surface area contributed by atoms with Gasteiger partial charge < -0.3 is 15.1 Å². The van der Waals surface area contributed by atoms with Crippen molar-refractivity contribution in [3.8, 4) is 11.3 Å². The van der Waals surface area contributed by atoms with Gasteiger partial charge in [-0.2, -0.15) is 5.10 Å². The lowest BCUT2D eigenvalue weighted by Crippen LogP contribution is -2.20. The fraction of sp³-hybridized carbons (Fsp3) is 0.269. The lowest BCUT2D eigenvalue weighted by atomic mass is 9.99. The molecule has 7 nitrogen and oxygen atoms in total. The van der Waals surface area contributed by atoms with E-state index in [0.717, 1.165) is 67.0 Å². The lowest BCUT2D eigenvalue weighted by molar-refractivity contribution is 0.562. The van der Waals surface area contributed by atoms with Crippen molar-refractivity contribution < 1.29 is 4.42 Å². The maximum absolute atomic E-state index is 13.0. The molecule has 1 aromatic carbocycles. The van der Waals surface area contributed by atoms with Crippen LogP contribution < -0.4 is 16.3 Å². The van der Waals surface area contributed by atoms with Crippen molar-refractivity contribution in [2.24, 2.45) is 0 Å². The molecule has 0 amide bonds. The number of hydrogen-bond acceptors (Lipinski definition) is 6. The summed E-state index contributed by atoms with van der Waals surface area (Å²) >= 11 is 0. The molecule has 166 valence electrons. The third-order valence-electron chi connectivity index (χ3n) is 6.47. The number of nitrogens with zero attached hydrogens (tertiary/aromatic N) is 3. The molecule has 4 aromatic rings. The summed E-state index contributed by atoms with van der Waals surface area (Å²) in [6.45, 7) is 5.61. The minimum atomic E-state index is -0.384. The van der Waals surface area contributed by atoms with Gasteiger partial charge in [0.1, 0.15) is 5.58 Å². The van der Waals surface area contributed by atoms with E-state index in [1.54, 1.807) is 0 Å². The fourth-order valence-electron chi connectivity index (χ4n) is 4.77. The van der Waals surface area contributed by atoms with Crippen LogP contribution in [0.5, 0.6) is 0 Å². The first-order valence-electron chi connectivity index (χ1n) is 11.4. The molecule has 0 fully saturated rings. The van der Waals surface area contributed by atoms with E-state index in [2.05, 4.69) is 33.8 Å². The first kappa shape index (κ1) is 20.1. The smallest absolute Gasteiger partial charge is 0.345 e. The quantitative estimate of drug-likeness (QED) is 0.475. The van der Waals surface area contributed by atoms with Gasteiger partial charge in [-0.3, -0.25) is 0 Å². The minimum absolute atomic E-state index is 0.384. The van der Waals surface area contributed by atoms with E-state index >= 15 is 0 Å². The monoisotopic (exact) mass is 439 g/mol. The summed E-state index contributed by atoms with van der Waals surface area (Å²) in [6.07, 6.45) is 6.28. The van der Waals surface area contributed by atoms with Crippen molar-refractivity contribution >= 4 is 27.8 Å². The van der Waals surface area contributed by atoms with Gasteiger partial charge in [-0.25, -0.2) is 14.3 Å². The molecule has 0 spiro atoms. The molecule has 0 atom stereocenters. The SMILES string of the molecule is Cc1nc2ccc(-c3cc4ccc(C5=CCNCC5)cc4oc3=O)nn2c1C1=CCNCC1. The molecule has 7 heteroatoms. The number of imidazole rings is 1. The summed E-state index contributed by atoms with van der Waals surface area (Å²) in [5.41, 5.74) is 7.59. The Morgan fingerprint density at radius 3 is 2.52 bits per heavy atom. The summed E-state index contributed by atoms with van der Waals surface area (Å²) < 4.78 is 7.62. The minimum Gasteiger partial charge on any atom is -0.422 e. The molecule has 0 saturated carbocycles. The molecule has 0 unspecified atom stereocenters. The van der Waals surface area contributed by atoms with Crippen LogP contribution in [-0.4, -0.2) is 40.8 Å². The Labute approximate surface area is 190 Å². The second-order valence-corrected chi connectivity index (χ2v) is 8.60. The van der Waals surface area contributed by atoms with Gasteiger partial charge in [0.25, 0.3) is 0 Å². The van der Waals surface area contributed by atoms with Gasteiger partial charge in [-0.15, -0.1) is 0 Å². The van der Waals surface area contributed by atoms with Crippen LogP contribution in [0, 0.1) is 6.92 Å². The Morgan fingerprint density at radius 1 is 0.970 bits per heavy atom. The summed E-state index contributed by atoms with van der Waals surface area (Å²) in [6, 6.07) is 11.7. The second-order valence-electron chi connectivity index (χ2n) is 8.60. The molecule has 0 aliphatic carbocycles. The molecule has 2 aliphatic heterocycles. The molecule has 33 heavy (non-hydrogen) atoms. The number of aromatic nitrogens is 3. The number of rotatable bonds is 3. The second kappa shape index (κ2) is 8.10. The third kappa shape index (κ3) is 3.59. The molecule has 0 bridgehead atoms. The van der Waals surface area contributed by atoms with Crippen molar-refractivity contribution in [1.82, 2.24) is 25.2 Å². The Hall–Kier alpha value is -3.55. The van der Waals surface area contributed by atoms with Gasteiger partial charge in [-0.1, -0.05) is 24.3 Å². The van der Waals surface area contributed by atoms with Crippen molar-refractivity contribution in [3.05, 3.63) is 75.9 Å². The van der Waals surface area contributed by atoms with Crippen LogP contribution in [0.4, 0.5) is 0 Å². The van der Waals surface area contributed by atoms with E-state index in [-0.39, 0.29) is 5.63 Å². The first-order valence-corrected chi connectivity index (χ1v) is 11.4. The molecule has 2 N–H and O–H groups in total. The average Bonchev–Trinajstić information content (AvgIpc) is 3.19. The Bertz CT molecular complexity index is 1510. The average molecular weight is 440 g/mol. The highest BCUT2D eigenvalue weighted by atomic mass is 16.4. The molecule has 6 rings (SSSR count). The van der Waals surface area contributed by atoms with Crippen molar-refractivity contribution in [3.63, 3.8) is 0 Å². The van der Waals surface area contributed by atoms with E-state index < -0.39 is 0 Å².